The van der Waals surface area contributed by atoms with E-state index in [-0.39, 0.29) is 6.10 Å². The van der Waals surface area contributed by atoms with Crippen LogP contribution >= 0.6 is 0 Å². The lowest BCUT2D eigenvalue weighted by Gasteiger charge is -2.08. The van der Waals surface area contributed by atoms with E-state index in [1.807, 2.05) is 13.8 Å². The molecule has 0 fully saturated rings. The van der Waals surface area contributed by atoms with Crippen LogP contribution in [-0.2, 0) is 17.6 Å². The smallest absolute Gasteiger partial charge is 0.193 e. The summed E-state index contributed by atoms with van der Waals surface area (Å²) < 4.78 is 5.41. The summed E-state index contributed by atoms with van der Waals surface area (Å²) in [5.74, 6) is 0.449. The van der Waals surface area contributed by atoms with E-state index in [4.69, 9.17) is 10.5 Å². The fourth-order valence-corrected chi connectivity index (χ4v) is 2.29. The number of benzene rings is 1. The summed E-state index contributed by atoms with van der Waals surface area (Å²) in [5.41, 5.74) is 9.77. The van der Waals surface area contributed by atoms with Crippen LogP contribution < -0.4 is 11.1 Å². The van der Waals surface area contributed by atoms with Gasteiger partial charge in [-0.1, -0.05) is 6.07 Å². The highest BCUT2D eigenvalue weighted by Gasteiger charge is 2.10. The molecule has 0 saturated heterocycles. The molecule has 3 N–H and O–H groups in total. The third-order valence-corrected chi connectivity index (χ3v) is 3.20. The number of guanidine groups is 1. The molecule has 2 rings (SSSR count). The molecular formula is C15H23N3O. The van der Waals surface area contributed by atoms with Crippen LogP contribution in [0.5, 0.6) is 0 Å². The number of nitrogens with zero attached hydrogens (tertiary/aromatic N) is 1. The van der Waals surface area contributed by atoms with Gasteiger partial charge < -0.3 is 15.8 Å². The summed E-state index contributed by atoms with van der Waals surface area (Å²) in [6.45, 7) is 5.21. The van der Waals surface area contributed by atoms with Gasteiger partial charge in [-0.25, -0.2) is 0 Å². The average molecular weight is 261 g/mol. The summed E-state index contributed by atoms with van der Waals surface area (Å²) in [6.07, 6.45) is 3.87. The lowest BCUT2D eigenvalue weighted by atomic mass is 10.1. The zero-order chi connectivity index (χ0) is 13.7. The maximum absolute atomic E-state index is 5.85. The number of nitrogens with two attached hydrogens (primary N) is 1. The van der Waals surface area contributed by atoms with Crippen molar-refractivity contribution < 1.29 is 4.74 Å². The second kappa shape index (κ2) is 6.57. The van der Waals surface area contributed by atoms with Crippen molar-refractivity contribution in [3.05, 3.63) is 29.3 Å². The Labute approximate surface area is 115 Å². The molecule has 0 bridgehead atoms. The number of aryl methyl sites for hydroxylation is 2. The highest BCUT2D eigenvalue weighted by Crippen LogP contribution is 2.24. The normalized spacial score (nSPS) is 14.8. The average Bonchev–Trinajstić information content (AvgIpc) is 2.82. The van der Waals surface area contributed by atoms with Crippen LogP contribution in [0.25, 0.3) is 0 Å². The summed E-state index contributed by atoms with van der Waals surface area (Å²) in [4.78, 5) is 4.24. The van der Waals surface area contributed by atoms with Gasteiger partial charge in [-0.15, -0.1) is 0 Å². The Hall–Kier alpha value is -1.55. The predicted octanol–water partition coefficient (Wildman–Crippen LogP) is 2.33. The van der Waals surface area contributed by atoms with Crippen molar-refractivity contribution in [3.63, 3.8) is 0 Å². The minimum atomic E-state index is 0.237. The molecule has 0 spiro atoms. The van der Waals surface area contributed by atoms with Gasteiger partial charge in [0.05, 0.1) is 19.3 Å². The Kier molecular flexibility index (Phi) is 4.80. The quantitative estimate of drug-likeness (QED) is 0.486. The molecule has 4 heteroatoms. The Morgan fingerprint density at radius 1 is 1.37 bits per heavy atom. The molecule has 104 valence electrons. The molecule has 19 heavy (non-hydrogen) atoms. The molecular weight excluding hydrogens is 238 g/mol. The molecule has 4 nitrogen and oxygen atoms in total. The molecule has 0 heterocycles. The predicted molar refractivity (Wildman–Crippen MR) is 79.7 cm³/mol. The first kappa shape index (κ1) is 13.9. The van der Waals surface area contributed by atoms with Crippen molar-refractivity contribution in [3.8, 4) is 0 Å². The van der Waals surface area contributed by atoms with E-state index in [2.05, 4.69) is 28.5 Å². The molecule has 0 atom stereocenters. The van der Waals surface area contributed by atoms with Gasteiger partial charge in [-0.2, -0.15) is 0 Å². The van der Waals surface area contributed by atoms with Gasteiger partial charge in [-0.3, -0.25) is 4.99 Å². The van der Waals surface area contributed by atoms with Crippen LogP contribution in [0.4, 0.5) is 5.69 Å². The van der Waals surface area contributed by atoms with Crippen LogP contribution in [-0.4, -0.2) is 25.2 Å². The molecule has 1 aliphatic rings. The van der Waals surface area contributed by atoms with Crippen LogP contribution in [0.15, 0.2) is 23.2 Å². The van der Waals surface area contributed by atoms with Gasteiger partial charge in [0.2, 0.25) is 0 Å². The molecule has 1 aromatic carbocycles. The number of ether oxygens (including phenoxy) is 1. The Bertz CT molecular complexity index is 455. The van der Waals surface area contributed by atoms with Gasteiger partial charge in [0.25, 0.3) is 0 Å². The summed E-state index contributed by atoms with van der Waals surface area (Å²) >= 11 is 0. The van der Waals surface area contributed by atoms with Gasteiger partial charge in [0.15, 0.2) is 5.96 Å². The maximum Gasteiger partial charge on any atom is 0.193 e. The first-order valence-electron chi connectivity index (χ1n) is 6.95. The third kappa shape index (κ3) is 4.24. The molecule has 1 aliphatic carbocycles. The second-order valence-electron chi connectivity index (χ2n) is 5.15. The SMILES string of the molecule is CC(C)OCCN=C(N)Nc1ccc2c(c1)CCC2. The number of rotatable bonds is 5. The fraction of sp³-hybridized carbons (Fsp3) is 0.533. The summed E-state index contributed by atoms with van der Waals surface area (Å²) in [7, 11) is 0. The number of nitrogens with one attached hydrogen (secondary N) is 1. The first-order valence-corrected chi connectivity index (χ1v) is 6.95. The third-order valence-electron chi connectivity index (χ3n) is 3.20. The number of anilines is 1. The van der Waals surface area contributed by atoms with Crippen molar-refractivity contribution >= 4 is 11.6 Å². The number of fused-ring (bicyclic) bond motifs is 1. The maximum atomic E-state index is 5.85. The van der Waals surface area contributed by atoms with E-state index in [0.717, 1.165) is 5.69 Å². The van der Waals surface area contributed by atoms with E-state index in [9.17, 15) is 0 Å². The summed E-state index contributed by atoms with van der Waals surface area (Å²) in [6, 6.07) is 6.42. The van der Waals surface area contributed by atoms with Crippen molar-refractivity contribution in [2.24, 2.45) is 10.7 Å². The van der Waals surface area contributed by atoms with Crippen molar-refractivity contribution in [2.45, 2.75) is 39.2 Å². The van der Waals surface area contributed by atoms with E-state index >= 15 is 0 Å². The van der Waals surface area contributed by atoms with E-state index < -0.39 is 0 Å². The highest BCUT2D eigenvalue weighted by atomic mass is 16.5. The van der Waals surface area contributed by atoms with E-state index in [1.165, 1.54) is 30.4 Å². The number of hydrogen-bond acceptors (Lipinski definition) is 2. The lowest BCUT2D eigenvalue weighted by molar-refractivity contribution is 0.0853. The molecule has 0 amide bonds. The topological polar surface area (TPSA) is 59.6 Å². The fourth-order valence-electron chi connectivity index (χ4n) is 2.29. The van der Waals surface area contributed by atoms with Gasteiger partial charge in [0.1, 0.15) is 0 Å². The van der Waals surface area contributed by atoms with Crippen LogP contribution in [0.1, 0.15) is 31.4 Å². The minimum absolute atomic E-state index is 0.237. The van der Waals surface area contributed by atoms with Crippen LogP contribution in [0.2, 0.25) is 0 Å². The minimum Gasteiger partial charge on any atom is -0.377 e. The Balaban J connectivity index is 1.84. The van der Waals surface area contributed by atoms with Gasteiger partial charge >= 0.3 is 0 Å². The van der Waals surface area contributed by atoms with E-state index in [0.29, 0.717) is 19.1 Å². The molecule has 0 aromatic heterocycles. The largest absolute Gasteiger partial charge is 0.377 e. The van der Waals surface area contributed by atoms with Gasteiger partial charge in [-0.05, 0) is 56.4 Å². The lowest BCUT2D eigenvalue weighted by Crippen LogP contribution is -2.23. The standard InChI is InChI=1S/C15H23N3O/c1-11(2)19-9-8-17-15(16)18-14-7-6-12-4-3-5-13(12)10-14/h6-7,10-11H,3-5,8-9H2,1-2H3,(H3,16,17,18). The Morgan fingerprint density at radius 3 is 2.95 bits per heavy atom. The van der Waals surface area contributed by atoms with E-state index in [1.54, 1.807) is 0 Å². The van der Waals surface area contributed by atoms with Crippen LogP contribution in [0.3, 0.4) is 0 Å². The first-order chi connectivity index (χ1) is 9.15. The molecule has 0 unspecified atom stereocenters. The second-order valence-corrected chi connectivity index (χ2v) is 5.15. The summed E-state index contributed by atoms with van der Waals surface area (Å²) in [5, 5.41) is 3.13. The number of hydrogen-bond donors (Lipinski definition) is 2. The van der Waals surface area contributed by atoms with Gasteiger partial charge in [0, 0.05) is 5.69 Å². The van der Waals surface area contributed by atoms with Crippen molar-refractivity contribution in [1.29, 1.82) is 0 Å². The number of aliphatic imine (C=N–C) groups is 1. The molecule has 0 radical (unpaired) electrons. The monoisotopic (exact) mass is 261 g/mol. The molecule has 1 aromatic rings. The highest BCUT2D eigenvalue weighted by molar-refractivity contribution is 5.92. The van der Waals surface area contributed by atoms with Crippen molar-refractivity contribution in [1.82, 2.24) is 0 Å². The molecule has 0 saturated carbocycles. The zero-order valence-electron chi connectivity index (χ0n) is 11.8. The zero-order valence-corrected chi connectivity index (χ0v) is 11.8. The Morgan fingerprint density at radius 2 is 2.16 bits per heavy atom. The molecule has 0 aliphatic heterocycles. The van der Waals surface area contributed by atoms with Crippen LogP contribution in [0, 0.1) is 0 Å². The van der Waals surface area contributed by atoms with Crippen molar-refractivity contribution in [2.75, 3.05) is 18.5 Å².